The number of sulfonamides is 1. The van der Waals surface area contributed by atoms with E-state index in [1.807, 2.05) is 10.6 Å². The number of halogens is 1. The lowest BCUT2D eigenvalue weighted by Crippen LogP contribution is -2.51. The van der Waals surface area contributed by atoms with Crippen LogP contribution in [0.5, 0.6) is 0 Å². The zero-order valence-corrected chi connectivity index (χ0v) is 15.9. The Hall–Kier alpha value is -2.76. The molecule has 2 heterocycles. The van der Waals surface area contributed by atoms with Gasteiger partial charge >= 0.3 is 6.03 Å². The first-order chi connectivity index (χ1) is 12.7. The summed E-state index contributed by atoms with van der Waals surface area (Å²) in [6.45, 7) is -0.127. The number of carbonyl (C=O) groups excluding carboxylic acids is 3. The number of barbiturate groups is 1. The van der Waals surface area contributed by atoms with Crippen molar-refractivity contribution in [1.82, 2.24) is 15.4 Å². The van der Waals surface area contributed by atoms with Crippen LogP contribution in [0.3, 0.4) is 0 Å². The van der Waals surface area contributed by atoms with Gasteiger partial charge in [0.15, 0.2) is 0 Å². The quantitative estimate of drug-likeness (QED) is 0.460. The first-order valence-corrected chi connectivity index (χ1v) is 9.74. The van der Waals surface area contributed by atoms with E-state index >= 15 is 0 Å². The molecule has 0 spiro atoms. The molecule has 2 aromatic rings. The van der Waals surface area contributed by atoms with Gasteiger partial charge in [0.1, 0.15) is 17.1 Å². The van der Waals surface area contributed by atoms with Crippen LogP contribution in [0.2, 0.25) is 0 Å². The normalized spacial score (nSPS) is 14.7. The minimum atomic E-state index is -3.73. The smallest absolute Gasteiger partial charge is 0.328 e. The summed E-state index contributed by atoms with van der Waals surface area (Å²) in [7, 11) is -3.73. The van der Waals surface area contributed by atoms with Gasteiger partial charge in [-0.1, -0.05) is 15.9 Å². The number of furan rings is 1. The van der Waals surface area contributed by atoms with Crippen molar-refractivity contribution in [2.45, 2.75) is 11.4 Å². The molecule has 1 aromatic heterocycles. The van der Waals surface area contributed by atoms with Crippen LogP contribution < -0.4 is 15.4 Å². The highest BCUT2D eigenvalue weighted by atomic mass is 79.9. The molecular weight excluding hydrogens is 442 g/mol. The molecule has 0 saturated carbocycles. The van der Waals surface area contributed by atoms with E-state index in [1.54, 1.807) is 12.1 Å². The Morgan fingerprint density at radius 3 is 2.26 bits per heavy atom. The monoisotopic (exact) mass is 453 g/mol. The van der Waals surface area contributed by atoms with Gasteiger partial charge in [0.25, 0.3) is 11.8 Å². The topological polar surface area (TPSA) is 135 Å². The Morgan fingerprint density at radius 1 is 1.00 bits per heavy atom. The predicted molar refractivity (Wildman–Crippen MR) is 96.5 cm³/mol. The van der Waals surface area contributed by atoms with Crippen molar-refractivity contribution in [3.05, 3.63) is 58.0 Å². The summed E-state index contributed by atoms with van der Waals surface area (Å²) in [5.74, 6) is -1.27. The molecule has 0 unspecified atom stereocenters. The third kappa shape index (κ3) is 4.51. The second-order valence-electron chi connectivity index (χ2n) is 5.38. The van der Waals surface area contributed by atoms with Crippen molar-refractivity contribution in [3.63, 3.8) is 0 Å². The third-order valence-corrected chi connectivity index (χ3v) is 5.42. The number of urea groups is 1. The third-order valence-electron chi connectivity index (χ3n) is 3.47. The zero-order valence-electron chi connectivity index (χ0n) is 13.5. The lowest BCUT2D eigenvalue weighted by Gasteiger charge is -2.13. The van der Waals surface area contributed by atoms with E-state index < -0.39 is 27.9 Å². The van der Waals surface area contributed by atoms with E-state index in [-0.39, 0.29) is 28.5 Å². The predicted octanol–water partition coefficient (Wildman–Crippen LogP) is 1.27. The molecule has 1 fully saturated rings. The van der Waals surface area contributed by atoms with Gasteiger partial charge in [0.05, 0.1) is 11.4 Å². The van der Waals surface area contributed by atoms with Crippen LogP contribution in [-0.4, -0.2) is 26.3 Å². The number of imide groups is 2. The molecule has 1 aromatic carbocycles. The maximum atomic E-state index is 12.2. The van der Waals surface area contributed by atoms with Crippen LogP contribution in [-0.2, 0) is 26.2 Å². The molecule has 1 aliphatic rings. The Bertz CT molecular complexity index is 1030. The molecule has 0 bridgehead atoms. The number of amides is 4. The fraction of sp³-hybridized carbons (Fsp3) is 0.0625. The van der Waals surface area contributed by atoms with Crippen LogP contribution in [0.1, 0.15) is 11.5 Å². The van der Waals surface area contributed by atoms with Gasteiger partial charge in [-0.3, -0.25) is 20.2 Å². The van der Waals surface area contributed by atoms with E-state index in [4.69, 9.17) is 4.42 Å². The molecule has 3 N–H and O–H groups in total. The number of nitrogens with one attached hydrogen (secondary N) is 3. The van der Waals surface area contributed by atoms with E-state index in [1.165, 1.54) is 24.3 Å². The van der Waals surface area contributed by atoms with Crippen LogP contribution in [0.25, 0.3) is 6.08 Å². The average molecular weight is 454 g/mol. The van der Waals surface area contributed by atoms with Crippen LogP contribution >= 0.6 is 15.9 Å². The first-order valence-electron chi connectivity index (χ1n) is 7.47. The Morgan fingerprint density at radius 2 is 1.63 bits per heavy atom. The Labute approximate surface area is 162 Å². The highest BCUT2D eigenvalue weighted by Crippen LogP contribution is 2.17. The summed E-state index contributed by atoms with van der Waals surface area (Å²) in [4.78, 5) is 34.4. The van der Waals surface area contributed by atoms with Gasteiger partial charge in [-0.15, -0.1) is 0 Å². The van der Waals surface area contributed by atoms with Crippen molar-refractivity contribution in [1.29, 1.82) is 0 Å². The Balaban J connectivity index is 1.70. The zero-order chi connectivity index (χ0) is 19.6. The van der Waals surface area contributed by atoms with Gasteiger partial charge in [-0.25, -0.2) is 17.9 Å². The second-order valence-corrected chi connectivity index (χ2v) is 8.06. The molecule has 0 aliphatic carbocycles. The van der Waals surface area contributed by atoms with Crippen LogP contribution in [0.15, 0.2) is 55.8 Å². The van der Waals surface area contributed by atoms with E-state index in [0.717, 1.165) is 10.5 Å². The number of carbonyl (C=O) groups is 3. The number of hydrogen-bond donors (Lipinski definition) is 3. The van der Waals surface area contributed by atoms with Crippen molar-refractivity contribution >= 4 is 49.9 Å². The minimum Gasteiger partial charge on any atom is -0.460 e. The van der Waals surface area contributed by atoms with Crippen LogP contribution in [0, 0.1) is 0 Å². The Kier molecular flexibility index (Phi) is 5.26. The van der Waals surface area contributed by atoms with Gasteiger partial charge in [-0.05, 0) is 42.5 Å². The summed E-state index contributed by atoms with van der Waals surface area (Å²) in [6.07, 6.45) is 1.16. The van der Waals surface area contributed by atoms with Gasteiger partial charge in [0.2, 0.25) is 10.0 Å². The molecule has 4 amide bonds. The standard InChI is InChI=1S/C16H12BrN3O6S/c17-9-1-5-12(6-2-9)27(24,25)18-8-11-4-3-10(26-11)7-13-14(21)19-16(23)20-15(13)22/h1-7,18H,8H2,(H2,19,20,21,22,23). The number of rotatable bonds is 5. The van der Waals surface area contributed by atoms with E-state index in [2.05, 4.69) is 20.7 Å². The van der Waals surface area contributed by atoms with E-state index in [9.17, 15) is 22.8 Å². The largest absolute Gasteiger partial charge is 0.460 e. The molecule has 11 heteroatoms. The molecule has 140 valence electrons. The highest BCUT2D eigenvalue weighted by Gasteiger charge is 2.28. The second kappa shape index (κ2) is 7.47. The molecule has 9 nitrogen and oxygen atoms in total. The molecule has 1 saturated heterocycles. The summed E-state index contributed by atoms with van der Waals surface area (Å²) in [5.41, 5.74) is -0.300. The fourth-order valence-electron chi connectivity index (χ4n) is 2.18. The van der Waals surface area contributed by atoms with Gasteiger partial charge in [0, 0.05) is 4.47 Å². The average Bonchev–Trinajstić information content (AvgIpc) is 3.04. The lowest BCUT2D eigenvalue weighted by atomic mass is 10.1. The number of hydrogen-bond acceptors (Lipinski definition) is 6. The van der Waals surface area contributed by atoms with Crippen molar-refractivity contribution in [3.8, 4) is 0 Å². The van der Waals surface area contributed by atoms with Gasteiger partial charge < -0.3 is 4.42 Å². The first kappa shape index (κ1) is 19.0. The lowest BCUT2D eigenvalue weighted by molar-refractivity contribution is -0.123. The maximum absolute atomic E-state index is 12.2. The number of benzene rings is 1. The highest BCUT2D eigenvalue weighted by molar-refractivity contribution is 9.10. The summed E-state index contributed by atoms with van der Waals surface area (Å²) in [5, 5.41) is 3.88. The van der Waals surface area contributed by atoms with Crippen LogP contribution in [0.4, 0.5) is 4.79 Å². The summed E-state index contributed by atoms with van der Waals surface area (Å²) < 4.78 is 33.0. The fourth-order valence-corrected chi connectivity index (χ4v) is 3.44. The molecule has 3 rings (SSSR count). The van der Waals surface area contributed by atoms with Crippen molar-refractivity contribution in [2.24, 2.45) is 0 Å². The molecule has 1 aliphatic heterocycles. The SMILES string of the molecule is O=C1NC(=O)C(=Cc2ccc(CNS(=O)(=O)c3ccc(Br)cc3)o2)C(=O)N1. The summed E-state index contributed by atoms with van der Waals surface area (Å²) in [6, 6.07) is 8.18. The molecule has 27 heavy (non-hydrogen) atoms. The minimum absolute atomic E-state index is 0.0970. The van der Waals surface area contributed by atoms with E-state index in [0.29, 0.717) is 0 Å². The van der Waals surface area contributed by atoms with Crippen molar-refractivity contribution < 1.29 is 27.2 Å². The molecular formula is C16H12BrN3O6S. The van der Waals surface area contributed by atoms with Gasteiger partial charge in [-0.2, -0.15) is 0 Å². The molecule has 0 atom stereocenters. The maximum Gasteiger partial charge on any atom is 0.328 e. The summed E-state index contributed by atoms with van der Waals surface area (Å²) >= 11 is 3.23. The molecule has 0 radical (unpaired) electrons. The van der Waals surface area contributed by atoms with Crippen molar-refractivity contribution in [2.75, 3.05) is 0 Å².